The Morgan fingerprint density at radius 3 is 2.60 bits per heavy atom. The Hall–Kier alpha value is -2.57. The van der Waals surface area contributed by atoms with Crippen LogP contribution in [-0.4, -0.2) is 40.0 Å². The SMILES string of the molecule is CCc1cnc(OC2CCCN(C(=O)c3c(F)cccc3F)C2)nc1. The van der Waals surface area contributed by atoms with E-state index in [1.54, 1.807) is 12.4 Å². The number of piperidine rings is 1. The second-order valence-electron chi connectivity index (χ2n) is 5.96. The smallest absolute Gasteiger partial charge is 0.316 e. The molecule has 2 aromatic rings. The van der Waals surface area contributed by atoms with Crippen LogP contribution in [0.1, 0.15) is 35.7 Å². The molecule has 5 nitrogen and oxygen atoms in total. The van der Waals surface area contributed by atoms with Gasteiger partial charge in [0.15, 0.2) is 0 Å². The Labute approximate surface area is 144 Å². The minimum atomic E-state index is -0.855. The molecule has 1 atom stereocenters. The number of benzene rings is 1. The summed E-state index contributed by atoms with van der Waals surface area (Å²) in [5.41, 5.74) is 0.481. The van der Waals surface area contributed by atoms with Gasteiger partial charge in [-0.15, -0.1) is 0 Å². The number of amides is 1. The van der Waals surface area contributed by atoms with E-state index in [0.29, 0.717) is 13.0 Å². The Bertz CT molecular complexity index is 732. The highest BCUT2D eigenvalue weighted by Gasteiger charge is 2.29. The highest BCUT2D eigenvalue weighted by atomic mass is 19.1. The van der Waals surface area contributed by atoms with Gasteiger partial charge < -0.3 is 9.64 Å². The lowest BCUT2D eigenvalue weighted by atomic mass is 10.1. The van der Waals surface area contributed by atoms with Crippen LogP contribution in [0.2, 0.25) is 0 Å². The van der Waals surface area contributed by atoms with Gasteiger partial charge in [-0.3, -0.25) is 4.79 Å². The van der Waals surface area contributed by atoms with E-state index >= 15 is 0 Å². The average molecular weight is 347 g/mol. The number of ether oxygens (including phenoxy) is 1. The first kappa shape index (κ1) is 17.3. The lowest BCUT2D eigenvalue weighted by Gasteiger charge is -2.32. The molecular weight excluding hydrogens is 328 g/mol. The summed E-state index contributed by atoms with van der Waals surface area (Å²) in [6.45, 7) is 2.68. The van der Waals surface area contributed by atoms with E-state index in [4.69, 9.17) is 4.74 Å². The Morgan fingerprint density at radius 1 is 1.28 bits per heavy atom. The fourth-order valence-electron chi connectivity index (χ4n) is 2.81. The van der Waals surface area contributed by atoms with Crippen LogP contribution < -0.4 is 4.74 Å². The van der Waals surface area contributed by atoms with Crippen molar-refractivity contribution in [3.63, 3.8) is 0 Å². The highest BCUT2D eigenvalue weighted by Crippen LogP contribution is 2.20. The van der Waals surface area contributed by atoms with Crippen molar-refractivity contribution in [2.75, 3.05) is 13.1 Å². The molecule has 0 radical (unpaired) electrons. The Kier molecular flexibility index (Phi) is 5.21. The summed E-state index contributed by atoms with van der Waals surface area (Å²) in [7, 11) is 0. The molecule has 1 amide bonds. The van der Waals surface area contributed by atoms with Crippen LogP contribution in [0.4, 0.5) is 8.78 Å². The van der Waals surface area contributed by atoms with Crippen molar-refractivity contribution < 1.29 is 18.3 Å². The van der Waals surface area contributed by atoms with E-state index in [-0.39, 0.29) is 18.7 Å². The summed E-state index contributed by atoms with van der Waals surface area (Å²) in [5, 5.41) is 0. The maximum Gasteiger partial charge on any atom is 0.316 e. The molecule has 0 aliphatic carbocycles. The second kappa shape index (κ2) is 7.55. The molecule has 0 saturated carbocycles. The zero-order valence-electron chi connectivity index (χ0n) is 13.9. The molecule has 7 heteroatoms. The van der Waals surface area contributed by atoms with Gasteiger partial charge in [-0.2, -0.15) is 0 Å². The molecule has 132 valence electrons. The second-order valence-corrected chi connectivity index (χ2v) is 5.96. The number of carbonyl (C=O) groups is 1. The molecule has 0 spiro atoms. The number of nitrogens with zero attached hydrogens (tertiary/aromatic N) is 3. The van der Waals surface area contributed by atoms with Gasteiger partial charge in [0.05, 0.1) is 6.54 Å². The third kappa shape index (κ3) is 3.92. The van der Waals surface area contributed by atoms with Crippen molar-refractivity contribution in [1.29, 1.82) is 0 Å². The predicted octanol–water partition coefficient (Wildman–Crippen LogP) is 3.00. The first-order valence-electron chi connectivity index (χ1n) is 8.29. The quantitative estimate of drug-likeness (QED) is 0.853. The van der Waals surface area contributed by atoms with Crippen LogP contribution in [0.3, 0.4) is 0 Å². The van der Waals surface area contributed by atoms with Crippen molar-refractivity contribution in [2.45, 2.75) is 32.3 Å². The number of likely N-dealkylation sites (tertiary alicyclic amines) is 1. The molecule has 1 fully saturated rings. The normalized spacial score (nSPS) is 17.4. The van der Waals surface area contributed by atoms with Crippen LogP contribution >= 0.6 is 0 Å². The largest absolute Gasteiger partial charge is 0.458 e. The third-order valence-corrected chi connectivity index (χ3v) is 4.20. The summed E-state index contributed by atoms with van der Waals surface area (Å²) >= 11 is 0. The first-order valence-corrected chi connectivity index (χ1v) is 8.29. The number of rotatable bonds is 4. The number of aryl methyl sites for hydroxylation is 1. The lowest BCUT2D eigenvalue weighted by molar-refractivity contribution is 0.0507. The number of hydrogen-bond donors (Lipinski definition) is 0. The van der Waals surface area contributed by atoms with Gasteiger partial charge in [0.2, 0.25) is 0 Å². The van der Waals surface area contributed by atoms with E-state index in [1.165, 1.54) is 11.0 Å². The van der Waals surface area contributed by atoms with Crippen molar-refractivity contribution in [1.82, 2.24) is 14.9 Å². The monoisotopic (exact) mass is 347 g/mol. The molecular formula is C18H19F2N3O2. The van der Waals surface area contributed by atoms with Crippen LogP contribution in [0, 0.1) is 11.6 Å². The van der Waals surface area contributed by atoms with Crippen LogP contribution in [0.25, 0.3) is 0 Å². The molecule has 1 unspecified atom stereocenters. The average Bonchev–Trinajstić information content (AvgIpc) is 2.62. The number of hydrogen-bond acceptors (Lipinski definition) is 4. The summed E-state index contributed by atoms with van der Waals surface area (Å²) < 4.78 is 33.4. The van der Waals surface area contributed by atoms with Crippen LogP contribution in [0.15, 0.2) is 30.6 Å². The van der Waals surface area contributed by atoms with E-state index < -0.39 is 23.1 Å². The highest BCUT2D eigenvalue weighted by molar-refractivity contribution is 5.94. The molecule has 1 aromatic heterocycles. The van der Waals surface area contributed by atoms with Crippen molar-refractivity contribution in [2.24, 2.45) is 0 Å². The van der Waals surface area contributed by atoms with Gasteiger partial charge in [0.25, 0.3) is 5.91 Å². The Morgan fingerprint density at radius 2 is 1.96 bits per heavy atom. The zero-order valence-corrected chi connectivity index (χ0v) is 13.9. The summed E-state index contributed by atoms with van der Waals surface area (Å²) in [4.78, 5) is 22.2. The Balaban J connectivity index is 1.69. The summed E-state index contributed by atoms with van der Waals surface area (Å²) in [5.74, 6) is -2.37. The van der Waals surface area contributed by atoms with Gasteiger partial charge in [-0.05, 0) is 37.0 Å². The van der Waals surface area contributed by atoms with Crippen LogP contribution in [-0.2, 0) is 6.42 Å². The molecule has 0 N–H and O–H groups in total. The van der Waals surface area contributed by atoms with Gasteiger partial charge >= 0.3 is 6.01 Å². The fourth-order valence-corrected chi connectivity index (χ4v) is 2.81. The van der Waals surface area contributed by atoms with Gasteiger partial charge in [-0.25, -0.2) is 18.7 Å². The predicted molar refractivity (Wildman–Crippen MR) is 87.3 cm³/mol. The molecule has 1 aromatic carbocycles. The third-order valence-electron chi connectivity index (χ3n) is 4.20. The minimum absolute atomic E-state index is 0.242. The molecule has 3 rings (SSSR count). The molecule has 25 heavy (non-hydrogen) atoms. The van der Waals surface area contributed by atoms with Gasteiger partial charge in [0, 0.05) is 18.9 Å². The molecule has 1 aliphatic heterocycles. The fraction of sp³-hybridized carbons (Fsp3) is 0.389. The first-order chi connectivity index (χ1) is 12.1. The van der Waals surface area contributed by atoms with Crippen molar-refractivity contribution in [3.05, 3.63) is 53.4 Å². The zero-order chi connectivity index (χ0) is 17.8. The number of aromatic nitrogens is 2. The standard InChI is InChI=1S/C18H19F2N3O2/c1-2-12-9-21-18(22-10-12)25-13-5-4-8-23(11-13)17(24)16-14(19)6-3-7-15(16)20/h3,6-7,9-10,13H,2,4-5,8,11H2,1H3. The number of halogens is 2. The van der Waals surface area contributed by atoms with E-state index in [2.05, 4.69) is 9.97 Å². The molecule has 0 bridgehead atoms. The summed E-state index contributed by atoms with van der Waals surface area (Å²) in [6.07, 6.45) is 5.33. The molecule has 1 aliphatic rings. The van der Waals surface area contributed by atoms with Gasteiger partial charge in [0.1, 0.15) is 23.3 Å². The van der Waals surface area contributed by atoms with Crippen LogP contribution in [0.5, 0.6) is 6.01 Å². The van der Waals surface area contributed by atoms with E-state index in [9.17, 15) is 13.6 Å². The topological polar surface area (TPSA) is 55.3 Å². The minimum Gasteiger partial charge on any atom is -0.458 e. The van der Waals surface area contributed by atoms with E-state index in [1.807, 2.05) is 6.92 Å². The van der Waals surface area contributed by atoms with E-state index in [0.717, 1.165) is 30.5 Å². The lowest BCUT2D eigenvalue weighted by Crippen LogP contribution is -2.45. The van der Waals surface area contributed by atoms with Gasteiger partial charge in [-0.1, -0.05) is 13.0 Å². The number of carbonyl (C=O) groups excluding carboxylic acids is 1. The molecule has 2 heterocycles. The van der Waals surface area contributed by atoms with Crippen molar-refractivity contribution >= 4 is 5.91 Å². The maximum atomic E-state index is 13.8. The molecule has 1 saturated heterocycles. The maximum absolute atomic E-state index is 13.8. The van der Waals surface area contributed by atoms with Crippen molar-refractivity contribution in [3.8, 4) is 6.01 Å². The summed E-state index contributed by atoms with van der Waals surface area (Å²) in [6, 6.07) is 3.64.